The number of hydrogen-bond donors (Lipinski definition) is 0. The minimum absolute atomic E-state index is 0.314. The number of carbonyl (C=O) groups excluding carboxylic acids is 1. The molecule has 27 heavy (non-hydrogen) atoms. The van der Waals surface area contributed by atoms with Crippen LogP contribution in [0.2, 0.25) is 0 Å². The fourth-order valence-electron chi connectivity index (χ4n) is 3.40. The zero-order valence-electron chi connectivity index (χ0n) is 16.0. The van der Waals surface area contributed by atoms with Crippen molar-refractivity contribution in [2.75, 3.05) is 31.3 Å². The van der Waals surface area contributed by atoms with Crippen molar-refractivity contribution in [1.29, 1.82) is 0 Å². The number of likely N-dealkylation sites (N-methyl/N-ethyl adjacent to an activating group) is 1. The first-order valence-electron chi connectivity index (χ1n) is 9.27. The van der Waals surface area contributed by atoms with Crippen molar-refractivity contribution in [3.05, 3.63) is 34.3 Å². The average Bonchev–Trinajstić information content (AvgIpc) is 3.33. The lowest BCUT2D eigenvalue weighted by Crippen LogP contribution is -2.36. The van der Waals surface area contributed by atoms with Crippen LogP contribution in [0.3, 0.4) is 0 Å². The predicted molar refractivity (Wildman–Crippen MR) is 110 cm³/mol. The Bertz CT molecular complexity index is 803. The molecule has 2 aromatic rings. The number of hydrogen-bond acceptors (Lipinski definition) is 6. The highest BCUT2D eigenvalue weighted by Gasteiger charge is 2.24. The summed E-state index contributed by atoms with van der Waals surface area (Å²) in [5.41, 5.74) is 3.87. The normalized spacial score (nSPS) is 16.5. The van der Waals surface area contributed by atoms with Crippen LogP contribution in [0.25, 0.3) is 10.6 Å². The fraction of sp³-hybridized carbons (Fsp3) is 0.500. The van der Waals surface area contributed by atoms with E-state index in [-0.39, 0.29) is 5.97 Å². The van der Waals surface area contributed by atoms with Crippen LogP contribution in [0.15, 0.2) is 18.2 Å². The molecule has 1 unspecified atom stereocenters. The Morgan fingerprint density at radius 3 is 2.89 bits per heavy atom. The van der Waals surface area contributed by atoms with Crippen molar-refractivity contribution in [2.45, 2.75) is 39.1 Å². The highest BCUT2D eigenvalue weighted by Crippen LogP contribution is 2.34. The highest BCUT2D eigenvalue weighted by molar-refractivity contribution is 7.17. The van der Waals surface area contributed by atoms with E-state index in [9.17, 15) is 4.79 Å². The SMILES string of the molecule is CCOC(=O)c1sc(-c2ccc(N(CC)C3CCOC3)c(CCl)c2)nc1C. The number of benzene rings is 1. The molecule has 5 nitrogen and oxygen atoms in total. The number of anilines is 1. The molecule has 0 saturated carbocycles. The number of rotatable bonds is 7. The number of aryl methyl sites for hydroxylation is 1. The summed E-state index contributed by atoms with van der Waals surface area (Å²) in [7, 11) is 0. The van der Waals surface area contributed by atoms with Gasteiger partial charge in [0.2, 0.25) is 0 Å². The molecule has 1 atom stereocenters. The van der Waals surface area contributed by atoms with Crippen LogP contribution in [0.5, 0.6) is 0 Å². The molecular formula is C20H25ClN2O3S. The Kier molecular flexibility index (Phi) is 6.73. The van der Waals surface area contributed by atoms with Gasteiger partial charge in [-0.3, -0.25) is 0 Å². The quantitative estimate of drug-likeness (QED) is 0.493. The molecule has 1 aromatic carbocycles. The molecule has 7 heteroatoms. The third-order valence-electron chi connectivity index (χ3n) is 4.72. The lowest BCUT2D eigenvalue weighted by molar-refractivity contribution is 0.0531. The van der Waals surface area contributed by atoms with Gasteiger partial charge in [-0.2, -0.15) is 0 Å². The van der Waals surface area contributed by atoms with E-state index in [4.69, 9.17) is 21.1 Å². The second-order valence-corrected chi connectivity index (χ2v) is 7.70. The van der Waals surface area contributed by atoms with E-state index in [0.717, 1.165) is 48.0 Å². The Labute approximate surface area is 169 Å². The molecule has 3 rings (SSSR count). The van der Waals surface area contributed by atoms with Crippen molar-refractivity contribution >= 4 is 34.6 Å². The van der Waals surface area contributed by atoms with Crippen molar-refractivity contribution in [3.8, 4) is 10.6 Å². The van der Waals surface area contributed by atoms with E-state index in [1.807, 2.05) is 6.92 Å². The maximum Gasteiger partial charge on any atom is 0.350 e. The number of halogens is 1. The van der Waals surface area contributed by atoms with E-state index >= 15 is 0 Å². The van der Waals surface area contributed by atoms with Crippen molar-refractivity contribution < 1.29 is 14.3 Å². The number of carbonyl (C=O) groups is 1. The number of thiazole rings is 1. The van der Waals surface area contributed by atoms with Crippen molar-refractivity contribution in [2.24, 2.45) is 0 Å². The molecule has 0 aliphatic carbocycles. The van der Waals surface area contributed by atoms with Gasteiger partial charge in [0.15, 0.2) is 0 Å². The molecule has 1 saturated heterocycles. The molecule has 0 bridgehead atoms. The molecule has 1 aromatic heterocycles. The Balaban J connectivity index is 1.92. The van der Waals surface area contributed by atoms with E-state index in [1.54, 1.807) is 6.92 Å². The van der Waals surface area contributed by atoms with Gasteiger partial charge in [-0.05, 0) is 51.0 Å². The van der Waals surface area contributed by atoms with Gasteiger partial charge in [-0.1, -0.05) is 0 Å². The van der Waals surface area contributed by atoms with Crippen LogP contribution < -0.4 is 4.90 Å². The van der Waals surface area contributed by atoms with Crippen LogP contribution in [0.1, 0.15) is 41.2 Å². The number of nitrogens with zero attached hydrogens (tertiary/aromatic N) is 2. The molecule has 1 aliphatic heterocycles. The standard InChI is InChI=1S/C20H25ClN2O3S/c1-4-23(16-8-9-25-12-16)17-7-6-14(10-15(17)11-21)19-22-13(3)18(27-19)20(24)26-5-2/h6-7,10,16H,4-5,8-9,11-12H2,1-3H3. The van der Waals surface area contributed by atoms with Crippen LogP contribution in [0, 0.1) is 6.92 Å². The van der Waals surface area contributed by atoms with E-state index < -0.39 is 0 Å². The van der Waals surface area contributed by atoms with Gasteiger partial charge in [0.25, 0.3) is 0 Å². The maximum absolute atomic E-state index is 12.1. The number of ether oxygens (including phenoxy) is 2. The average molecular weight is 409 g/mol. The zero-order valence-corrected chi connectivity index (χ0v) is 17.5. The summed E-state index contributed by atoms with van der Waals surface area (Å²) >= 11 is 7.64. The zero-order chi connectivity index (χ0) is 19.4. The predicted octanol–water partition coefficient (Wildman–Crippen LogP) is 4.65. The van der Waals surface area contributed by atoms with Gasteiger partial charge < -0.3 is 14.4 Å². The molecule has 0 spiro atoms. The van der Waals surface area contributed by atoms with Crippen molar-refractivity contribution in [1.82, 2.24) is 4.98 Å². The topological polar surface area (TPSA) is 51.7 Å². The van der Waals surface area contributed by atoms with Crippen molar-refractivity contribution in [3.63, 3.8) is 0 Å². The fourth-order valence-corrected chi connectivity index (χ4v) is 4.58. The summed E-state index contributed by atoms with van der Waals surface area (Å²) in [5.74, 6) is 0.105. The molecule has 0 radical (unpaired) electrons. The minimum Gasteiger partial charge on any atom is -0.462 e. The monoisotopic (exact) mass is 408 g/mol. The first-order valence-corrected chi connectivity index (χ1v) is 10.6. The maximum atomic E-state index is 12.1. The number of esters is 1. The summed E-state index contributed by atoms with van der Waals surface area (Å²) in [4.78, 5) is 19.6. The smallest absolute Gasteiger partial charge is 0.350 e. The van der Waals surface area contributed by atoms with Crippen LogP contribution in [0.4, 0.5) is 5.69 Å². The molecule has 0 amide bonds. The van der Waals surface area contributed by atoms with E-state index in [1.165, 1.54) is 11.3 Å². The number of alkyl halides is 1. The highest BCUT2D eigenvalue weighted by atomic mass is 35.5. The Hall–Kier alpha value is -1.63. The summed E-state index contributed by atoms with van der Waals surface area (Å²) in [6.45, 7) is 8.61. The lowest BCUT2D eigenvalue weighted by Gasteiger charge is -2.30. The van der Waals surface area contributed by atoms with E-state index in [2.05, 4.69) is 35.0 Å². The molecule has 1 aliphatic rings. The largest absolute Gasteiger partial charge is 0.462 e. The third kappa shape index (κ3) is 4.28. The summed E-state index contributed by atoms with van der Waals surface area (Å²) in [6, 6.07) is 6.63. The lowest BCUT2D eigenvalue weighted by atomic mass is 10.1. The van der Waals surface area contributed by atoms with E-state index in [0.29, 0.717) is 29.1 Å². The first-order chi connectivity index (χ1) is 13.1. The second-order valence-electron chi connectivity index (χ2n) is 6.43. The molecular weight excluding hydrogens is 384 g/mol. The summed E-state index contributed by atoms with van der Waals surface area (Å²) < 4.78 is 10.7. The van der Waals surface area contributed by atoms with Gasteiger partial charge in [0, 0.05) is 30.3 Å². The van der Waals surface area contributed by atoms with Gasteiger partial charge in [-0.15, -0.1) is 22.9 Å². The molecule has 146 valence electrons. The summed E-state index contributed by atoms with van der Waals surface area (Å²) in [6.07, 6.45) is 1.03. The van der Waals surface area contributed by atoms with Gasteiger partial charge >= 0.3 is 5.97 Å². The van der Waals surface area contributed by atoms with Crippen LogP contribution in [-0.4, -0.2) is 43.4 Å². The number of aromatic nitrogens is 1. The van der Waals surface area contributed by atoms with Gasteiger partial charge in [0.1, 0.15) is 9.88 Å². The van der Waals surface area contributed by atoms with Gasteiger partial charge in [-0.25, -0.2) is 9.78 Å². The molecule has 2 heterocycles. The van der Waals surface area contributed by atoms with Crippen LogP contribution in [-0.2, 0) is 15.4 Å². The van der Waals surface area contributed by atoms with Crippen LogP contribution >= 0.6 is 22.9 Å². The minimum atomic E-state index is -0.314. The molecule has 1 fully saturated rings. The first kappa shape index (κ1) is 20.1. The Morgan fingerprint density at radius 1 is 1.44 bits per heavy atom. The van der Waals surface area contributed by atoms with Gasteiger partial charge in [0.05, 0.1) is 24.9 Å². The summed E-state index contributed by atoms with van der Waals surface area (Å²) in [5, 5.41) is 0.806. The third-order valence-corrected chi connectivity index (χ3v) is 6.20. The second kappa shape index (κ2) is 9.04. The Morgan fingerprint density at radius 2 is 2.26 bits per heavy atom. The molecule has 0 N–H and O–H groups in total.